The predicted molar refractivity (Wildman–Crippen MR) is 109 cm³/mol. The van der Waals surface area contributed by atoms with Gasteiger partial charge in [0.2, 0.25) is 10.0 Å². The maximum Gasteiger partial charge on any atom is 0.216 e. The van der Waals surface area contributed by atoms with E-state index in [0.717, 1.165) is 51.1 Å². The van der Waals surface area contributed by atoms with Gasteiger partial charge in [-0.2, -0.15) is 0 Å². The van der Waals surface area contributed by atoms with Crippen LogP contribution in [0.3, 0.4) is 0 Å². The lowest BCUT2D eigenvalue weighted by molar-refractivity contribution is 0.0100. The van der Waals surface area contributed by atoms with Gasteiger partial charge < -0.3 is 4.57 Å². The maximum absolute atomic E-state index is 12.7. The van der Waals surface area contributed by atoms with E-state index in [1.807, 2.05) is 12.3 Å². The number of sulfonamides is 1. The third-order valence-electron chi connectivity index (χ3n) is 6.78. The van der Waals surface area contributed by atoms with E-state index >= 15 is 0 Å². The van der Waals surface area contributed by atoms with Crippen molar-refractivity contribution >= 4 is 10.0 Å². The van der Waals surface area contributed by atoms with Gasteiger partial charge in [-0.25, -0.2) is 17.7 Å². The minimum absolute atomic E-state index is 0.123. The summed E-state index contributed by atoms with van der Waals surface area (Å²) in [4.78, 5) is 7.42. The number of piperidine rings is 1. The summed E-state index contributed by atoms with van der Waals surface area (Å²) in [6.45, 7) is 6.27. The standard InChI is InChI=1S/C21H28N4O2S/c1-2-23-14-15-25-19(17-6-4-3-5-7-17)16-22-20(25)21(23)10-12-24(13-11-21)28(26,27)18-8-9-18/h3-7,16,18H,2,8-15H2,1H3. The first-order valence-electron chi connectivity index (χ1n) is 10.4. The second-order valence-corrected chi connectivity index (χ2v) is 10.5. The molecule has 2 aliphatic heterocycles. The van der Waals surface area contributed by atoms with Crippen LogP contribution in [0.4, 0.5) is 0 Å². The normalized spacial score (nSPS) is 23.0. The molecular weight excluding hydrogens is 372 g/mol. The minimum atomic E-state index is -3.10. The summed E-state index contributed by atoms with van der Waals surface area (Å²) in [7, 11) is -3.10. The van der Waals surface area contributed by atoms with Gasteiger partial charge in [0.15, 0.2) is 0 Å². The fourth-order valence-electron chi connectivity index (χ4n) is 5.08. The molecule has 0 bridgehead atoms. The van der Waals surface area contributed by atoms with E-state index in [2.05, 4.69) is 40.7 Å². The first kappa shape index (κ1) is 18.3. The number of nitrogens with zero attached hydrogens (tertiary/aromatic N) is 4. The molecule has 28 heavy (non-hydrogen) atoms. The number of fused-ring (bicyclic) bond motifs is 2. The molecule has 6 nitrogen and oxygen atoms in total. The Hall–Kier alpha value is -1.70. The number of likely N-dealkylation sites (N-methyl/N-ethyl adjacent to an activating group) is 1. The molecule has 2 aromatic rings. The van der Waals surface area contributed by atoms with Crippen molar-refractivity contribution in [2.24, 2.45) is 0 Å². The zero-order chi connectivity index (χ0) is 19.4. The van der Waals surface area contributed by atoms with E-state index < -0.39 is 10.0 Å². The average Bonchev–Trinajstić information content (AvgIpc) is 3.50. The van der Waals surface area contributed by atoms with Crippen molar-refractivity contribution in [3.05, 3.63) is 42.4 Å². The molecule has 0 unspecified atom stereocenters. The smallest absolute Gasteiger partial charge is 0.216 e. The Bertz CT molecular complexity index is 958. The summed E-state index contributed by atoms with van der Waals surface area (Å²) in [6, 6.07) is 10.4. The van der Waals surface area contributed by atoms with Gasteiger partial charge >= 0.3 is 0 Å². The number of aromatic nitrogens is 2. The SMILES string of the molecule is CCN1CCn2c(-c3ccccc3)cnc2C12CCN(S(=O)(=O)C1CC1)CC2. The second kappa shape index (κ2) is 6.68. The molecule has 150 valence electrons. The van der Waals surface area contributed by atoms with Crippen molar-refractivity contribution in [1.82, 2.24) is 18.8 Å². The topological polar surface area (TPSA) is 58.4 Å². The van der Waals surface area contributed by atoms with E-state index in [4.69, 9.17) is 4.98 Å². The third-order valence-corrected chi connectivity index (χ3v) is 9.18. The molecule has 1 aromatic carbocycles. The van der Waals surface area contributed by atoms with Crippen LogP contribution in [0.15, 0.2) is 36.5 Å². The molecular formula is C21H28N4O2S. The molecule has 0 N–H and O–H groups in total. The molecule has 1 spiro atoms. The van der Waals surface area contributed by atoms with E-state index in [0.29, 0.717) is 13.1 Å². The molecule has 1 saturated heterocycles. The van der Waals surface area contributed by atoms with Crippen molar-refractivity contribution in [3.8, 4) is 11.3 Å². The summed E-state index contributed by atoms with van der Waals surface area (Å²) >= 11 is 0. The zero-order valence-electron chi connectivity index (χ0n) is 16.4. The van der Waals surface area contributed by atoms with Crippen LogP contribution in [0.2, 0.25) is 0 Å². The van der Waals surface area contributed by atoms with Crippen molar-refractivity contribution in [2.75, 3.05) is 26.2 Å². The number of hydrogen-bond donors (Lipinski definition) is 0. The van der Waals surface area contributed by atoms with Gasteiger partial charge in [0.1, 0.15) is 5.82 Å². The maximum atomic E-state index is 12.7. The Labute approximate surface area is 167 Å². The quantitative estimate of drug-likeness (QED) is 0.792. The Morgan fingerprint density at radius 2 is 1.79 bits per heavy atom. The Morgan fingerprint density at radius 3 is 2.43 bits per heavy atom. The molecule has 1 aliphatic carbocycles. The van der Waals surface area contributed by atoms with Crippen molar-refractivity contribution in [1.29, 1.82) is 0 Å². The van der Waals surface area contributed by atoms with E-state index in [1.165, 1.54) is 11.3 Å². The number of hydrogen-bond acceptors (Lipinski definition) is 4. The molecule has 0 radical (unpaired) electrons. The van der Waals surface area contributed by atoms with Crippen LogP contribution in [0.1, 0.15) is 38.4 Å². The van der Waals surface area contributed by atoms with Gasteiger partial charge in [0, 0.05) is 26.2 Å². The lowest BCUT2D eigenvalue weighted by Gasteiger charge is -2.50. The van der Waals surface area contributed by atoms with Crippen LogP contribution in [0.25, 0.3) is 11.3 Å². The molecule has 7 heteroatoms. The van der Waals surface area contributed by atoms with Gasteiger partial charge in [0.05, 0.1) is 22.7 Å². The number of imidazole rings is 1. The van der Waals surface area contributed by atoms with E-state index in [-0.39, 0.29) is 10.8 Å². The molecule has 1 saturated carbocycles. The van der Waals surface area contributed by atoms with Gasteiger partial charge in [-0.1, -0.05) is 37.3 Å². The highest BCUT2D eigenvalue weighted by Gasteiger charge is 2.50. The minimum Gasteiger partial charge on any atom is -0.325 e. The molecule has 5 rings (SSSR count). The molecule has 0 amide bonds. The first-order chi connectivity index (χ1) is 13.6. The van der Waals surface area contributed by atoms with Crippen LogP contribution in [0, 0.1) is 0 Å². The molecule has 0 atom stereocenters. The third kappa shape index (κ3) is 2.75. The monoisotopic (exact) mass is 400 g/mol. The van der Waals surface area contributed by atoms with Crippen molar-refractivity contribution in [3.63, 3.8) is 0 Å². The predicted octanol–water partition coefficient (Wildman–Crippen LogP) is 2.67. The van der Waals surface area contributed by atoms with Gasteiger partial charge in [-0.15, -0.1) is 0 Å². The Kier molecular flexibility index (Phi) is 4.37. The summed E-state index contributed by atoms with van der Waals surface area (Å²) in [5, 5.41) is -0.123. The van der Waals surface area contributed by atoms with Crippen LogP contribution >= 0.6 is 0 Å². The van der Waals surface area contributed by atoms with Crippen molar-refractivity contribution in [2.45, 2.75) is 49.9 Å². The van der Waals surface area contributed by atoms with E-state index in [9.17, 15) is 8.42 Å². The van der Waals surface area contributed by atoms with Gasteiger partial charge in [-0.05, 0) is 37.8 Å². The van der Waals surface area contributed by atoms with Crippen LogP contribution in [-0.2, 0) is 22.1 Å². The van der Waals surface area contributed by atoms with Gasteiger partial charge in [0.25, 0.3) is 0 Å². The average molecular weight is 401 g/mol. The summed E-state index contributed by atoms with van der Waals surface area (Å²) in [5.41, 5.74) is 2.20. The summed E-state index contributed by atoms with van der Waals surface area (Å²) in [5.74, 6) is 1.11. The van der Waals surface area contributed by atoms with Crippen LogP contribution in [-0.4, -0.2) is 58.6 Å². The molecule has 3 heterocycles. The van der Waals surface area contributed by atoms with Crippen LogP contribution < -0.4 is 0 Å². The number of benzene rings is 1. The Balaban J connectivity index is 1.49. The lowest BCUT2D eigenvalue weighted by atomic mass is 9.84. The van der Waals surface area contributed by atoms with Crippen LogP contribution in [0.5, 0.6) is 0 Å². The summed E-state index contributed by atoms with van der Waals surface area (Å²) < 4.78 is 29.5. The highest BCUT2D eigenvalue weighted by Crippen LogP contribution is 2.43. The zero-order valence-corrected chi connectivity index (χ0v) is 17.2. The highest BCUT2D eigenvalue weighted by atomic mass is 32.2. The van der Waals surface area contributed by atoms with E-state index in [1.54, 1.807) is 4.31 Å². The van der Waals surface area contributed by atoms with Crippen molar-refractivity contribution < 1.29 is 8.42 Å². The Morgan fingerprint density at radius 1 is 1.07 bits per heavy atom. The largest absolute Gasteiger partial charge is 0.325 e. The lowest BCUT2D eigenvalue weighted by Crippen LogP contribution is -2.58. The molecule has 3 aliphatic rings. The first-order valence-corrected chi connectivity index (χ1v) is 11.9. The number of rotatable bonds is 4. The van der Waals surface area contributed by atoms with Gasteiger partial charge in [-0.3, -0.25) is 4.90 Å². The second-order valence-electron chi connectivity index (χ2n) is 8.24. The fourth-order valence-corrected chi connectivity index (χ4v) is 6.92. The molecule has 1 aromatic heterocycles. The fraction of sp³-hybridized carbons (Fsp3) is 0.571. The summed E-state index contributed by atoms with van der Waals surface area (Å²) in [6.07, 6.45) is 5.29. The molecule has 2 fully saturated rings. The highest BCUT2D eigenvalue weighted by molar-refractivity contribution is 7.90.